The predicted molar refractivity (Wildman–Crippen MR) is 125 cm³/mol. The van der Waals surface area contributed by atoms with E-state index in [1.165, 1.54) is 36.1 Å². The van der Waals surface area contributed by atoms with E-state index >= 15 is 0 Å². The Balaban J connectivity index is 1.35. The number of anilines is 1. The molecule has 2 atom stereocenters. The first-order chi connectivity index (χ1) is 15.7. The molecule has 1 N–H and O–H groups in total. The lowest BCUT2D eigenvalue weighted by atomic mass is 9.71. The molecule has 0 aromatic heterocycles. The molecular formula is C27H35NO4. The first kappa shape index (κ1) is 21.7. The summed E-state index contributed by atoms with van der Waals surface area (Å²) in [6, 6.07) is 14.9. The van der Waals surface area contributed by atoms with Crippen molar-refractivity contribution in [2.75, 3.05) is 32.2 Å². The summed E-state index contributed by atoms with van der Waals surface area (Å²) in [7, 11) is 3.45. The van der Waals surface area contributed by atoms with Crippen molar-refractivity contribution in [2.45, 2.75) is 57.0 Å². The highest BCUT2D eigenvalue weighted by Gasteiger charge is 2.39. The van der Waals surface area contributed by atoms with Crippen LogP contribution in [-0.4, -0.2) is 44.8 Å². The van der Waals surface area contributed by atoms with Crippen molar-refractivity contribution in [1.82, 2.24) is 0 Å². The van der Waals surface area contributed by atoms with Crippen LogP contribution in [0, 0.1) is 11.8 Å². The smallest absolute Gasteiger partial charge is 0.159 e. The fraction of sp³-hybridized carbons (Fsp3) is 0.556. The lowest BCUT2D eigenvalue weighted by Gasteiger charge is -2.42. The predicted octanol–water partition coefficient (Wildman–Crippen LogP) is 5.06. The van der Waals surface area contributed by atoms with Crippen LogP contribution in [-0.2, 0) is 20.8 Å². The monoisotopic (exact) mass is 437 g/mol. The second-order valence-electron chi connectivity index (χ2n) is 9.58. The molecule has 2 fully saturated rings. The van der Waals surface area contributed by atoms with Crippen LogP contribution in [0.15, 0.2) is 42.5 Å². The summed E-state index contributed by atoms with van der Waals surface area (Å²) in [5.74, 6) is 1.64. The van der Waals surface area contributed by atoms with E-state index < -0.39 is 0 Å². The number of phenolic OH excluding ortho intramolecular Hbond substituents is 1. The van der Waals surface area contributed by atoms with Gasteiger partial charge in [-0.15, -0.1) is 0 Å². The van der Waals surface area contributed by atoms with Gasteiger partial charge in [0.25, 0.3) is 0 Å². The molecule has 2 unspecified atom stereocenters. The van der Waals surface area contributed by atoms with Gasteiger partial charge in [0.2, 0.25) is 0 Å². The Morgan fingerprint density at radius 2 is 1.69 bits per heavy atom. The maximum atomic E-state index is 9.97. The highest BCUT2D eigenvalue weighted by molar-refractivity contribution is 5.51. The van der Waals surface area contributed by atoms with Crippen molar-refractivity contribution in [3.05, 3.63) is 59.2 Å². The van der Waals surface area contributed by atoms with E-state index in [-0.39, 0.29) is 18.3 Å². The van der Waals surface area contributed by atoms with Gasteiger partial charge in [-0.05, 0) is 72.6 Å². The fourth-order valence-electron chi connectivity index (χ4n) is 5.83. The number of hydrogen-bond acceptors (Lipinski definition) is 5. The molecule has 1 saturated carbocycles. The van der Waals surface area contributed by atoms with Crippen LogP contribution in [0.1, 0.15) is 54.7 Å². The zero-order valence-corrected chi connectivity index (χ0v) is 19.2. The summed E-state index contributed by atoms with van der Waals surface area (Å²) >= 11 is 0. The van der Waals surface area contributed by atoms with Gasteiger partial charge >= 0.3 is 0 Å². The average molecular weight is 438 g/mol. The highest BCUT2D eigenvalue weighted by Crippen LogP contribution is 2.46. The molecule has 5 nitrogen and oxygen atoms in total. The number of phenols is 1. The van der Waals surface area contributed by atoms with Gasteiger partial charge in [-0.2, -0.15) is 0 Å². The molecule has 0 radical (unpaired) electrons. The zero-order chi connectivity index (χ0) is 22.1. The Morgan fingerprint density at radius 3 is 2.31 bits per heavy atom. The Morgan fingerprint density at radius 1 is 0.969 bits per heavy atom. The SMILES string of the molecule is COC(OC)C1CCN(c2ccc(C3c4ccc(O)cc4COC3C3CCC3)cc2)CC1. The van der Waals surface area contributed by atoms with E-state index in [2.05, 4.69) is 35.2 Å². The molecule has 3 aliphatic rings. The van der Waals surface area contributed by atoms with Crippen LogP contribution in [0.3, 0.4) is 0 Å². The van der Waals surface area contributed by atoms with E-state index in [9.17, 15) is 5.11 Å². The summed E-state index contributed by atoms with van der Waals surface area (Å²) in [5.41, 5.74) is 5.01. The summed E-state index contributed by atoms with van der Waals surface area (Å²) in [5, 5.41) is 9.97. The first-order valence-corrected chi connectivity index (χ1v) is 12.0. The third kappa shape index (κ3) is 4.14. The van der Waals surface area contributed by atoms with Crippen LogP contribution in [0.2, 0.25) is 0 Å². The van der Waals surface area contributed by atoms with Gasteiger partial charge in [0.05, 0.1) is 12.7 Å². The van der Waals surface area contributed by atoms with Crippen LogP contribution in [0.4, 0.5) is 5.69 Å². The third-order valence-electron chi connectivity index (χ3n) is 7.84. The number of ether oxygens (including phenoxy) is 3. The van der Waals surface area contributed by atoms with Crippen LogP contribution >= 0.6 is 0 Å². The van der Waals surface area contributed by atoms with Crippen molar-refractivity contribution in [3.63, 3.8) is 0 Å². The van der Waals surface area contributed by atoms with E-state index in [1.807, 2.05) is 12.1 Å². The van der Waals surface area contributed by atoms with Crippen molar-refractivity contribution in [3.8, 4) is 5.75 Å². The summed E-state index contributed by atoms with van der Waals surface area (Å²) in [6.45, 7) is 2.64. The molecule has 172 valence electrons. The molecule has 2 heterocycles. The molecule has 5 rings (SSSR count). The molecule has 2 aromatic carbocycles. The van der Waals surface area contributed by atoms with Crippen LogP contribution < -0.4 is 4.90 Å². The first-order valence-electron chi connectivity index (χ1n) is 12.0. The number of methoxy groups -OCH3 is 2. The molecule has 0 amide bonds. The van der Waals surface area contributed by atoms with E-state index in [0.29, 0.717) is 24.2 Å². The maximum absolute atomic E-state index is 9.97. The second-order valence-corrected chi connectivity index (χ2v) is 9.58. The molecule has 32 heavy (non-hydrogen) atoms. The number of rotatable bonds is 6. The quantitative estimate of drug-likeness (QED) is 0.641. The van der Waals surface area contributed by atoms with Crippen molar-refractivity contribution < 1.29 is 19.3 Å². The van der Waals surface area contributed by atoms with Crippen molar-refractivity contribution >= 4 is 5.69 Å². The molecule has 2 aromatic rings. The Bertz CT molecular complexity index is 898. The number of nitrogens with zero attached hydrogens (tertiary/aromatic N) is 1. The van der Waals surface area contributed by atoms with Gasteiger partial charge in [0.1, 0.15) is 5.75 Å². The fourth-order valence-corrected chi connectivity index (χ4v) is 5.83. The molecule has 1 saturated heterocycles. The summed E-state index contributed by atoms with van der Waals surface area (Å²) in [6.07, 6.45) is 6.09. The van der Waals surface area contributed by atoms with Crippen molar-refractivity contribution in [1.29, 1.82) is 0 Å². The number of hydrogen-bond donors (Lipinski definition) is 1. The Labute approximate surface area is 191 Å². The van der Waals surface area contributed by atoms with Crippen LogP contribution in [0.5, 0.6) is 5.75 Å². The molecule has 0 bridgehead atoms. The van der Waals surface area contributed by atoms with Gasteiger partial charge in [-0.25, -0.2) is 0 Å². The van der Waals surface area contributed by atoms with Gasteiger partial charge in [-0.1, -0.05) is 24.6 Å². The normalized spacial score (nSPS) is 24.4. The van der Waals surface area contributed by atoms with Gasteiger partial charge in [0, 0.05) is 44.8 Å². The van der Waals surface area contributed by atoms with E-state index in [4.69, 9.17) is 14.2 Å². The Kier molecular flexibility index (Phi) is 6.40. The highest BCUT2D eigenvalue weighted by atomic mass is 16.7. The largest absolute Gasteiger partial charge is 0.508 e. The molecular weight excluding hydrogens is 402 g/mol. The topological polar surface area (TPSA) is 51.2 Å². The molecule has 1 aliphatic carbocycles. The minimum atomic E-state index is -0.103. The number of piperidine rings is 1. The summed E-state index contributed by atoms with van der Waals surface area (Å²) in [4.78, 5) is 2.47. The third-order valence-corrected chi connectivity index (χ3v) is 7.84. The van der Waals surface area contributed by atoms with Gasteiger partial charge in [0.15, 0.2) is 6.29 Å². The minimum Gasteiger partial charge on any atom is -0.508 e. The second kappa shape index (κ2) is 9.42. The lowest BCUT2D eigenvalue weighted by Crippen LogP contribution is -2.39. The Hall–Kier alpha value is -2.08. The molecule has 5 heteroatoms. The van der Waals surface area contributed by atoms with Crippen molar-refractivity contribution in [2.24, 2.45) is 11.8 Å². The van der Waals surface area contributed by atoms with Gasteiger partial charge < -0.3 is 24.2 Å². The zero-order valence-electron chi connectivity index (χ0n) is 19.2. The minimum absolute atomic E-state index is 0.103. The van der Waals surface area contributed by atoms with Gasteiger partial charge in [-0.3, -0.25) is 0 Å². The number of benzene rings is 2. The molecule has 0 spiro atoms. The van der Waals surface area contributed by atoms with Crippen LogP contribution in [0.25, 0.3) is 0 Å². The summed E-state index contributed by atoms with van der Waals surface area (Å²) < 4.78 is 17.3. The lowest BCUT2D eigenvalue weighted by molar-refractivity contribution is -0.141. The van der Waals surface area contributed by atoms with E-state index in [1.54, 1.807) is 14.2 Å². The maximum Gasteiger partial charge on any atom is 0.159 e. The number of aromatic hydroxyl groups is 1. The molecule has 2 aliphatic heterocycles. The van der Waals surface area contributed by atoms with E-state index in [0.717, 1.165) is 31.5 Å². The standard InChI is InChI=1S/C27H35NO4/c1-30-27(31-2)20-12-14-28(15-13-20)22-8-6-18(7-9-22)25-24-11-10-23(29)16-21(24)17-32-26(25)19-4-3-5-19/h6-11,16,19-20,25-27,29H,3-5,12-15,17H2,1-2H3. The number of fused-ring (bicyclic) bond motifs is 1. The average Bonchev–Trinajstić information content (AvgIpc) is 2.79.